The number of amides is 1. The number of ketones is 1. The number of nitriles is 1. The Hall–Kier alpha value is -3.19. The van der Waals surface area contributed by atoms with Crippen molar-refractivity contribution in [1.82, 2.24) is 0 Å². The number of hydrogen-bond donors (Lipinski definition) is 0. The number of nitrogens with zero attached hydrogens (tertiary/aromatic N) is 2. The van der Waals surface area contributed by atoms with Gasteiger partial charge in [0.2, 0.25) is 5.78 Å². The van der Waals surface area contributed by atoms with Crippen molar-refractivity contribution < 1.29 is 9.59 Å². The van der Waals surface area contributed by atoms with E-state index in [2.05, 4.69) is 0 Å². The van der Waals surface area contributed by atoms with Crippen molar-refractivity contribution in [2.24, 2.45) is 0 Å². The molecule has 0 aromatic heterocycles. The fourth-order valence-corrected chi connectivity index (χ4v) is 2.57. The summed E-state index contributed by atoms with van der Waals surface area (Å²) < 4.78 is 0. The number of fused-ring (bicyclic) bond motifs is 1. The molecule has 1 aliphatic heterocycles. The zero-order chi connectivity index (χ0) is 15.7. The van der Waals surface area contributed by atoms with E-state index in [-0.39, 0.29) is 17.1 Å². The van der Waals surface area contributed by atoms with Gasteiger partial charge in [0.15, 0.2) is 0 Å². The maximum atomic E-state index is 12.6. The molecular weight excluding hydrogens is 276 g/mol. The highest BCUT2D eigenvalue weighted by Crippen LogP contribution is 2.37. The summed E-state index contributed by atoms with van der Waals surface area (Å²) in [5.74, 6) is -0.765. The lowest BCUT2D eigenvalue weighted by Crippen LogP contribution is -2.21. The van der Waals surface area contributed by atoms with Crippen LogP contribution in [0.15, 0.2) is 60.2 Å². The summed E-state index contributed by atoms with van der Waals surface area (Å²) in [6.07, 6.45) is 0. The number of para-hydroxylation sites is 1. The molecule has 1 heterocycles. The first kappa shape index (κ1) is 13.8. The van der Waals surface area contributed by atoms with Gasteiger partial charge in [-0.15, -0.1) is 0 Å². The molecule has 106 valence electrons. The fraction of sp³-hybridized carbons (Fsp3) is 0.0556. The molecule has 0 fully saturated rings. The maximum Gasteiger partial charge on any atom is 0.260 e. The Morgan fingerprint density at radius 3 is 2.36 bits per heavy atom. The van der Waals surface area contributed by atoms with E-state index < -0.39 is 5.78 Å². The number of carbonyl (C=O) groups is 2. The highest BCUT2D eigenvalue weighted by molar-refractivity contribution is 6.38. The van der Waals surface area contributed by atoms with E-state index in [9.17, 15) is 14.9 Å². The van der Waals surface area contributed by atoms with Crippen molar-refractivity contribution in [1.29, 1.82) is 5.26 Å². The summed E-state index contributed by atoms with van der Waals surface area (Å²) in [5, 5.41) is 9.45. The van der Waals surface area contributed by atoms with Gasteiger partial charge in [-0.3, -0.25) is 9.59 Å². The van der Waals surface area contributed by atoms with Crippen molar-refractivity contribution in [3.8, 4) is 6.07 Å². The van der Waals surface area contributed by atoms with E-state index in [1.807, 2.05) is 12.1 Å². The second-order valence-electron chi connectivity index (χ2n) is 4.94. The average Bonchev–Trinajstić information content (AvgIpc) is 2.82. The average molecular weight is 288 g/mol. The number of anilines is 1. The zero-order valence-electron chi connectivity index (χ0n) is 11.9. The second-order valence-corrected chi connectivity index (χ2v) is 4.94. The number of Topliss-reactive ketones (excluding diaryl/α,β-unsaturated/α-hetero) is 1. The molecule has 0 unspecified atom stereocenters. The number of rotatable bonds is 2. The molecule has 0 spiro atoms. The van der Waals surface area contributed by atoms with E-state index in [0.717, 1.165) is 0 Å². The van der Waals surface area contributed by atoms with Gasteiger partial charge in [0.25, 0.3) is 5.91 Å². The van der Waals surface area contributed by atoms with Crippen LogP contribution in [0.5, 0.6) is 0 Å². The van der Waals surface area contributed by atoms with Gasteiger partial charge in [-0.25, -0.2) is 0 Å². The van der Waals surface area contributed by atoms with Crippen LogP contribution < -0.4 is 4.90 Å². The molecule has 2 aromatic rings. The van der Waals surface area contributed by atoms with Gasteiger partial charge in [-0.1, -0.05) is 48.5 Å². The largest absolute Gasteiger partial charge is 0.311 e. The van der Waals surface area contributed by atoms with Gasteiger partial charge >= 0.3 is 0 Å². The van der Waals surface area contributed by atoms with Crippen LogP contribution in [0.4, 0.5) is 5.69 Å². The quantitative estimate of drug-likeness (QED) is 0.485. The van der Waals surface area contributed by atoms with E-state index in [1.54, 1.807) is 55.6 Å². The molecule has 4 nitrogen and oxygen atoms in total. The number of benzene rings is 2. The first-order valence-corrected chi connectivity index (χ1v) is 6.76. The maximum absolute atomic E-state index is 12.6. The van der Waals surface area contributed by atoms with Crippen LogP contribution in [-0.4, -0.2) is 18.7 Å². The summed E-state index contributed by atoms with van der Waals surface area (Å²) in [7, 11) is 1.64. The molecule has 0 saturated heterocycles. The van der Waals surface area contributed by atoms with Gasteiger partial charge in [0, 0.05) is 18.2 Å². The summed E-state index contributed by atoms with van der Waals surface area (Å²) in [6.45, 7) is 0. The molecule has 0 atom stereocenters. The topological polar surface area (TPSA) is 61.2 Å². The number of carbonyl (C=O) groups excluding carboxylic acids is 2. The third kappa shape index (κ3) is 2.00. The lowest BCUT2D eigenvalue weighted by atomic mass is 9.95. The van der Waals surface area contributed by atoms with Crippen molar-refractivity contribution in [3.63, 3.8) is 0 Å². The van der Waals surface area contributed by atoms with E-state index in [4.69, 9.17) is 0 Å². The molecule has 0 saturated carbocycles. The molecule has 0 bridgehead atoms. The summed E-state index contributed by atoms with van der Waals surface area (Å²) in [6, 6.07) is 17.6. The monoisotopic (exact) mass is 288 g/mol. The van der Waals surface area contributed by atoms with Gasteiger partial charge in [-0.05, 0) is 6.07 Å². The second kappa shape index (κ2) is 5.30. The third-order valence-corrected chi connectivity index (χ3v) is 3.68. The van der Waals surface area contributed by atoms with Crippen molar-refractivity contribution in [2.45, 2.75) is 0 Å². The summed E-state index contributed by atoms with van der Waals surface area (Å²) in [5.41, 5.74) is 1.78. The van der Waals surface area contributed by atoms with Crippen LogP contribution >= 0.6 is 0 Å². The van der Waals surface area contributed by atoms with Crippen molar-refractivity contribution in [2.75, 3.05) is 11.9 Å². The van der Waals surface area contributed by atoms with E-state index >= 15 is 0 Å². The fourth-order valence-electron chi connectivity index (χ4n) is 2.57. The summed E-state index contributed by atoms with van der Waals surface area (Å²) >= 11 is 0. The Morgan fingerprint density at radius 1 is 1.05 bits per heavy atom. The summed E-state index contributed by atoms with van der Waals surface area (Å²) in [4.78, 5) is 26.5. The first-order valence-electron chi connectivity index (χ1n) is 6.76. The van der Waals surface area contributed by atoms with Crippen LogP contribution in [0, 0.1) is 11.3 Å². The Bertz CT molecular complexity index is 845. The molecule has 1 amide bonds. The molecule has 0 aliphatic carbocycles. The molecule has 22 heavy (non-hydrogen) atoms. The standard InChI is InChI=1S/C18H12N2O2/c1-20-15-10-6-5-9-13(15)16(18(20)22)14(11-19)17(21)12-7-3-2-4-8-12/h2-10H,1H3/b16-14+. The van der Waals surface area contributed by atoms with Crippen LogP contribution in [0.3, 0.4) is 0 Å². The van der Waals surface area contributed by atoms with Gasteiger partial charge in [-0.2, -0.15) is 5.26 Å². The zero-order valence-corrected chi connectivity index (χ0v) is 11.9. The highest BCUT2D eigenvalue weighted by atomic mass is 16.2. The minimum absolute atomic E-state index is 0.118. The number of likely N-dealkylation sites (N-methyl/N-ethyl adjacent to an activating group) is 1. The molecule has 3 rings (SSSR count). The SMILES string of the molecule is CN1C(=O)/C(=C(\C#N)C(=O)c2ccccc2)c2ccccc21. The molecule has 2 aromatic carbocycles. The Balaban J connectivity index is 2.21. The lowest BCUT2D eigenvalue weighted by molar-refractivity contribution is -0.112. The van der Waals surface area contributed by atoms with Gasteiger partial charge < -0.3 is 4.90 Å². The Labute approximate surface area is 127 Å². The number of hydrogen-bond acceptors (Lipinski definition) is 3. The predicted molar refractivity (Wildman–Crippen MR) is 83.2 cm³/mol. The molecule has 4 heteroatoms. The normalized spacial score (nSPS) is 15.3. The minimum atomic E-state index is -0.434. The predicted octanol–water partition coefficient (Wildman–Crippen LogP) is 2.82. The van der Waals surface area contributed by atoms with Crippen LogP contribution in [-0.2, 0) is 4.79 Å². The molecule has 1 aliphatic rings. The van der Waals surface area contributed by atoms with Crippen molar-refractivity contribution in [3.05, 3.63) is 71.3 Å². The Morgan fingerprint density at radius 2 is 1.68 bits per heavy atom. The van der Waals surface area contributed by atoms with Crippen LogP contribution in [0.2, 0.25) is 0 Å². The van der Waals surface area contributed by atoms with Crippen molar-refractivity contribution >= 4 is 23.0 Å². The first-order chi connectivity index (χ1) is 10.6. The molecule has 0 N–H and O–H groups in total. The van der Waals surface area contributed by atoms with Crippen LogP contribution in [0.1, 0.15) is 15.9 Å². The Kier molecular flexibility index (Phi) is 3.32. The molecular formula is C18H12N2O2. The van der Waals surface area contributed by atoms with E-state index in [0.29, 0.717) is 16.8 Å². The third-order valence-electron chi connectivity index (χ3n) is 3.68. The highest BCUT2D eigenvalue weighted by Gasteiger charge is 2.34. The molecule has 0 radical (unpaired) electrons. The van der Waals surface area contributed by atoms with E-state index in [1.165, 1.54) is 4.90 Å². The number of allylic oxidation sites excluding steroid dienone is 1. The lowest BCUT2D eigenvalue weighted by Gasteiger charge is -2.08. The van der Waals surface area contributed by atoms with Gasteiger partial charge in [0.1, 0.15) is 11.6 Å². The minimum Gasteiger partial charge on any atom is -0.311 e. The van der Waals surface area contributed by atoms with Gasteiger partial charge in [0.05, 0.1) is 11.3 Å². The van der Waals surface area contributed by atoms with Crippen LogP contribution in [0.25, 0.3) is 5.57 Å². The smallest absolute Gasteiger partial charge is 0.260 e.